The lowest BCUT2D eigenvalue weighted by Gasteiger charge is -2.13. The fraction of sp³-hybridized carbons (Fsp3) is 0.125. The van der Waals surface area contributed by atoms with Crippen LogP contribution in [0.1, 0.15) is 16.7 Å². The van der Waals surface area contributed by atoms with Crippen molar-refractivity contribution in [1.29, 1.82) is 5.26 Å². The Bertz CT molecular complexity index is 1670. The highest BCUT2D eigenvalue weighted by Crippen LogP contribution is 2.33. The number of rotatable bonds is 8. The molecule has 0 atom stereocenters. The lowest BCUT2D eigenvalue weighted by atomic mass is 10.1. The van der Waals surface area contributed by atoms with Gasteiger partial charge >= 0.3 is 10.1 Å². The van der Waals surface area contributed by atoms with E-state index in [1.54, 1.807) is 6.92 Å². The molecular formula is C24H16F5NO6S2. The minimum Gasteiger partial charge on any atom is -0.493 e. The van der Waals surface area contributed by atoms with Crippen molar-refractivity contribution in [1.82, 2.24) is 0 Å². The van der Waals surface area contributed by atoms with Gasteiger partial charge in [0, 0.05) is 0 Å². The number of nitriles is 1. The zero-order valence-electron chi connectivity index (χ0n) is 19.4. The molecule has 3 aromatic rings. The molecular weight excluding hydrogens is 557 g/mol. The molecule has 0 aliphatic carbocycles. The fourth-order valence-corrected chi connectivity index (χ4v) is 5.26. The normalized spacial score (nSPS) is 12.2. The van der Waals surface area contributed by atoms with E-state index in [0.717, 1.165) is 11.6 Å². The van der Waals surface area contributed by atoms with Gasteiger partial charge in [0.2, 0.25) is 5.82 Å². The number of hydrogen-bond acceptors (Lipinski definition) is 7. The summed E-state index contributed by atoms with van der Waals surface area (Å²) < 4.78 is 129. The second kappa shape index (κ2) is 10.8. The van der Waals surface area contributed by atoms with Crippen molar-refractivity contribution in [3.05, 3.63) is 93.1 Å². The topological polar surface area (TPSA) is 111 Å². The molecule has 14 heteroatoms. The lowest BCUT2D eigenvalue weighted by molar-refractivity contribution is 0.377. The molecule has 0 amide bonds. The van der Waals surface area contributed by atoms with Crippen LogP contribution in [0.4, 0.5) is 22.0 Å². The summed E-state index contributed by atoms with van der Waals surface area (Å²) in [6, 6.07) is 10.1. The minimum atomic E-state index is -4.75. The van der Waals surface area contributed by atoms with E-state index in [4.69, 9.17) is 8.92 Å². The van der Waals surface area contributed by atoms with Crippen molar-refractivity contribution in [3.63, 3.8) is 0 Å². The van der Waals surface area contributed by atoms with Crippen LogP contribution in [0.25, 0.3) is 6.08 Å². The molecule has 0 aromatic heterocycles. The highest BCUT2D eigenvalue weighted by Gasteiger charge is 2.28. The van der Waals surface area contributed by atoms with Gasteiger partial charge in [0.25, 0.3) is 0 Å². The summed E-state index contributed by atoms with van der Waals surface area (Å²) >= 11 is 0. The Labute approximate surface area is 214 Å². The van der Waals surface area contributed by atoms with E-state index in [-0.39, 0.29) is 22.3 Å². The van der Waals surface area contributed by atoms with Gasteiger partial charge in [-0.3, -0.25) is 0 Å². The maximum absolute atomic E-state index is 14.0. The summed E-state index contributed by atoms with van der Waals surface area (Å²) in [4.78, 5) is -1.52. The van der Waals surface area contributed by atoms with Gasteiger partial charge in [0.1, 0.15) is 15.9 Å². The van der Waals surface area contributed by atoms with E-state index in [1.165, 1.54) is 49.6 Å². The maximum atomic E-state index is 14.0. The molecule has 0 bridgehead atoms. The van der Waals surface area contributed by atoms with Crippen LogP contribution >= 0.6 is 0 Å². The first-order valence-electron chi connectivity index (χ1n) is 10.3. The molecule has 200 valence electrons. The average Bonchev–Trinajstić information content (AvgIpc) is 2.86. The molecule has 0 fully saturated rings. The first kappa shape index (κ1) is 28.6. The molecule has 0 heterocycles. The SMILES string of the molecule is COc1ccc(CS(=O)(=O)C(C#N)=Cc2c(F)c(F)c(F)c(F)c2F)cc1OS(=O)(=O)c1ccc(C)cc1. The molecule has 0 saturated carbocycles. The molecule has 0 unspecified atom stereocenters. The number of allylic oxidation sites excluding steroid dienone is 1. The smallest absolute Gasteiger partial charge is 0.339 e. The van der Waals surface area contributed by atoms with Crippen LogP contribution in [-0.2, 0) is 25.7 Å². The molecule has 3 aromatic carbocycles. The van der Waals surface area contributed by atoms with E-state index in [1.807, 2.05) is 0 Å². The second-order valence-corrected chi connectivity index (χ2v) is 11.2. The summed E-state index contributed by atoms with van der Waals surface area (Å²) in [6.07, 6.45) is 0.0222. The molecule has 0 aliphatic rings. The number of sulfone groups is 1. The summed E-state index contributed by atoms with van der Waals surface area (Å²) in [5.74, 6) is -13.3. The summed E-state index contributed by atoms with van der Waals surface area (Å²) in [7, 11) is -7.94. The molecule has 0 aliphatic heterocycles. The van der Waals surface area contributed by atoms with Gasteiger partial charge in [-0.25, -0.2) is 30.4 Å². The van der Waals surface area contributed by atoms with Crippen molar-refractivity contribution in [2.75, 3.05) is 7.11 Å². The average molecular weight is 574 g/mol. The Morgan fingerprint density at radius 2 is 1.42 bits per heavy atom. The first-order chi connectivity index (χ1) is 17.7. The van der Waals surface area contributed by atoms with Crippen LogP contribution < -0.4 is 8.92 Å². The van der Waals surface area contributed by atoms with Crippen molar-refractivity contribution >= 4 is 26.0 Å². The van der Waals surface area contributed by atoms with Gasteiger partial charge in [0.05, 0.1) is 18.4 Å². The maximum Gasteiger partial charge on any atom is 0.339 e. The number of hydrogen-bond donors (Lipinski definition) is 0. The highest BCUT2D eigenvalue weighted by atomic mass is 32.2. The minimum absolute atomic E-state index is 0.0222. The van der Waals surface area contributed by atoms with Crippen molar-refractivity contribution in [3.8, 4) is 17.6 Å². The molecule has 7 nitrogen and oxygen atoms in total. The van der Waals surface area contributed by atoms with E-state index < -0.39 is 71.0 Å². The van der Waals surface area contributed by atoms with Gasteiger partial charge in [-0.1, -0.05) is 23.8 Å². The number of benzene rings is 3. The lowest BCUT2D eigenvalue weighted by Crippen LogP contribution is -2.12. The Balaban J connectivity index is 2.01. The molecule has 3 rings (SSSR count). The second-order valence-electron chi connectivity index (χ2n) is 7.70. The van der Waals surface area contributed by atoms with Crippen LogP contribution in [0.3, 0.4) is 0 Å². The van der Waals surface area contributed by atoms with Crippen LogP contribution in [0.5, 0.6) is 11.5 Å². The number of ether oxygens (including phenoxy) is 1. The Kier molecular flexibility index (Phi) is 8.13. The molecule has 0 radical (unpaired) electrons. The van der Waals surface area contributed by atoms with Crippen LogP contribution in [-0.4, -0.2) is 23.9 Å². The Hall–Kier alpha value is -3.96. The third-order valence-corrected chi connectivity index (χ3v) is 7.90. The van der Waals surface area contributed by atoms with Crippen molar-refractivity contribution < 1.29 is 47.7 Å². The number of nitrogens with zero attached hydrogens (tertiary/aromatic N) is 1. The number of methoxy groups -OCH3 is 1. The largest absolute Gasteiger partial charge is 0.493 e. The fourth-order valence-electron chi connectivity index (χ4n) is 3.12. The van der Waals surface area contributed by atoms with Gasteiger partial charge in [-0.15, -0.1) is 0 Å². The molecule has 0 saturated heterocycles. The first-order valence-corrected chi connectivity index (χ1v) is 13.3. The summed E-state index contributed by atoms with van der Waals surface area (Å²) in [5, 5.41) is 9.28. The van der Waals surface area contributed by atoms with Gasteiger partial charge < -0.3 is 8.92 Å². The third kappa shape index (κ3) is 5.79. The number of aryl methyl sites for hydroxylation is 1. The predicted octanol–water partition coefficient (Wildman–Crippen LogP) is 4.95. The summed E-state index contributed by atoms with van der Waals surface area (Å²) in [5.41, 5.74) is -0.996. The van der Waals surface area contributed by atoms with E-state index in [0.29, 0.717) is 0 Å². The van der Waals surface area contributed by atoms with Crippen molar-refractivity contribution in [2.45, 2.75) is 17.6 Å². The third-order valence-electron chi connectivity index (χ3n) is 5.06. The van der Waals surface area contributed by atoms with Crippen molar-refractivity contribution in [2.24, 2.45) is 0 Å². The quantitative estimate of drug-likeness (QED) is 0.123. The van der Waals surface area contributed by atoms with E-state index in [2.05, 4.69) is 0 Å². The van der Waals surface area contributed by atoms with Crippen LogP contribution in [0.2, 0.25) is 0 Å². The summed E-state index contributed by atoms with van der Waals surface area (Å²) in [6.45, 7) is 1.74. The van der Waals surface area contributed by atoms with Crippen LogP contribution in [0, 0.1) is 47.3 Å². The Morgan fingerprint density at radius 3 is 1.95 bits per heavy atom. The van der Waals surface area contributed by atoms with Crippen LogP contribution in [0.15, 0.2) is 52.3 Å². The van der Waals surface area contributed by atoms with Gasteiger partial charge in [-0.05, 0) is 42.8 Å². The monoisotopic (exact) mass is 573 g/mol. The molecule has 0 spiro atoms. The van der Waals surface area contributed by atoms with Gasteiger partial charge in [0.15, 0.2) is 44.6 Å². The molecule has 0 N–H and O–H groups in total. The number of halogens is 5. The zero-order valence-corrected chi connectivity index (χ0v) is 21.1. The predicted molar refractivity (Wildman–Crippen MR) is 124 cm³/mol. The Morgan fingerprint density at radius 1 is 0.868 bits per heavy atom. The highest BCUT2D eigenvalue weighted by molar-refractivity contribution is 7.95. The van der Waals surface area contributed by atoms with E-state index in [9.17, 15) is 44.0 Å². The molecule has 38 heavy (non-hydrogen) atoms. The van der Waals surface area contributed by atoms with Gasteiger partial charge in [-0.2, -0.15) is 13.7 Å². The zero-order chi connectivity index (χ0) is 28.4. The van der Waals surface area contributed by atoms with E-state index >= 15 is 0 Å². The standard InChI is InChI=1S/C24H16F5NO6S2/c1-13-3-6-15(7-4-13)38(33,34)36-19-9-14(5-8-18(19)35-2)12-37(31,32)16(11-30)10-17-20(25)22(27)24(29)23(28)21(17)26/h3-10H,12H2,1-2H3.